The Morgan fingerprint density at radius 1 is 1.30 bits per heavy atom. The molecule has 0 aromatic heterocycles. The Balaban J connectivity index is 2.03. The number of benzene rings is 1. The van der Waals surface area contributed by atoms with Gasteiger partial charge in [0.25, 0.3) is 0 Å². The number of halogens is 1. The summed E-state index contributed by atoms with van der Waals surface area (Å²) in [6.07, 6.45) is 1.12. The lowest BCUT2D eigenvalue weighted by atomic mass is 9.61. The van der Waals surface area contributed by atoms with Crippen molar-refractivity contribution >= 4 is 21.4 Å². The zero-order valence-corrected chi connectivity index (χ0v) is 13.0. The highest BCUT2D eigenvalue weighted by atomic mass is 35.5. The molecule has 3 rings (SSSR count). The second-order valence-electron chi connectivity index (χ2n) is 6.34. The normalized spacial score (nSPS) is 23.1. The van der Waals surface area contributed by atoms with Crippen molar-refractivity contribution in [1.29, 1.82) is 0 Å². The lowest BCUT2D eigenvalue weighted by molar-refractivity contribution is -0.168. The molecule has 1 heterocycles. The minimum absolute atomic E-state index is 0.0216. The maximum atomic E-state index is 12.9. The first kappa shape index (κ1) is 14.2. The Morgan fingerprint density at radius 2 is 1.90 bits per heavy atom. The van der Waals surface area contributed by atoms with Crippen LogP contribution in [-0.4, -0.2) is 31.5 Å². The highest BCUT2D eigenvalue weighted by molar-refractivity contribution is 7.93. The molecule has 6 heteroatoms. The summed E-state index contributed by atoms with van der Waals surface area (Å²) >= 11 is 6.03. The van der Waals surface area contributed by atoms with E-state index in [2.05, 4.69) is 0 Å². The predicted molar refractivity (Wildman–Crippen MR) is 75.9 cm³/mol. The van der Waals surface area contributed by atoms with E-state index in [4.69, 9.17) is 16.3 Å². The molecular formula is C14H17ClO4S. The van der Waals surface area contributed by atoms with Gasteiger partial charge in [0.05, 0.1) is 23.0 Å². The summed E-state index contributed by atoms with van der Waals surface area (Å²) in [7, 11) is -3.67. The van der Waals surface area contributed by atoms with Crippen LogP contribution in [0.25, 0.3) is 0 Å². The molecule has 0 amide bonds. The van der Waals surface area contributed by atoms with Crippen LogP contribution in [0.15, 0.2) is 17.0 Å². The fourth-order valence-electron chi connectivity index (χ4n) is 3.47. The summed E-state index contributed by atoms with van der Waals surface area (Å²) in [4.78, 5) is -0.128. The van der Waals surface area contributed by atoms with Gasteiger partial charge in [0, 0.05) is 5.41 Å². The Hall–Kier alpha value is -0.780. The minimum Gasteiger partial charge on any atom is -0.506 e. The van der Waals surface area contributed by atoms with Gasteiger partial charge in [0.1, 0.15) is 10.6 Å². The van der Waals surface area contributed by atoms with Crippen molar-refractivity contribution < 1.29 is 18.3 Å². The monoisotopic (exact) mass is 316 g/mol. The van der Waals surface area contributed by atoms with Gasteiger partial charge in [-0.05, 0) is 38.3 Å². The van der Waals surface area contributed by atoms with Crippen LogP contribution < -0.4 is 0 Å². The fourth-order valence-corrected chi connectivity index (χ4v) is 6.15. The summed E-state index contributed by atoms with van der Waals surface area (Å²) in [5, 5.41) is 10.2. The van der Waals surface area contributed by atoms with Crippen molar-refractivity contribution in [2.45, 2.75) is 36.3 Å². The van der Waals surface area contributed by atoms with E-state index >= 15 is 0 Å². The van der Waals surface area contributed by atoms with Crippen LogP contribution in [0.1, 0.15) is 25.3 Å². The Morgan fingerprint density at radius 3 is 2.40 bits per heavy atom. The summed E-state index contributed by atoms with van der Waals surface area (Å²) in [6, 6.07) is 3.13. The summed E-state index contributed by atoms with van der Waals surface area (Å²) < 4.78 is 30.1. The average molecular weight is 317 g/mol. The molecule has 110 valence electrons. The van der Waals surface area contributed by atoms with Crippen LogP contribution in [0.4, 0.5) is 0 Å². The van der Waals surface area contributed by atoms with Crippen molar-refractivity contribution in [2.24, 2.45) is 5.41 Å². The number of aryl methyl sites for hydroxylation is 1. The molecule has 1 spiro atoms. The summed E-state index contributed by atoms with van der Waals surface area (Å²) in [5.41, 5.74) is 0.533. The van der Waals surface area contributed by atoms with Crippen molar-refractivity contribution in [3.8, 4) is 5.75 Å². The number of hydrogen-bond acceptors (Lipinski definition) is 4. The highest BCUT2D eigenvalue weighted by Gasteiger charge is 2.62. The van der Waals surface area contributed by atoms with Crippen LogP contribution >= 0.6 is 11.6 Å². The Kier molecular flexibility index (Phi) is 2.92. The second-order valence-corrected chi connectivity index (χ2v) is 9.15. The molecular weight excluding hydrogens is 300 g/mol. The first-order valence-electron chi connectivity index (χ1n) is 6.51. The van der Waals surface area contributed by atoms with E-state index in [0.717, 1.165) is 0 Å². The van der Waals surface area contributed by atoms with Gasteiger partial charge in [-0.1, -0.05) is 17.7 Å². The highest BCUT2D eigenvalue weighted by Crippen LogP contribution is 2.58. The largest absolute Gasteiger partial charge is 0.506 e. The molecule has 1 aromatic carbocycles. The molecule has 0 atom stereocenters. The molecule has 1 aliphatic heterocycles. The van der Waals surface area contributed by atoms with Gasteiger partial charge in [-0.25, -0.2) is 8.42 Å². The number of aromatic hydroxyl groups is 1. The molecule has 1 N–H and O–H groups in total. The third-order valence-electron chi connectivity index (χ3n) is 4.52. The van der Waals surface area contributed by atoms with Crippen molar-refractivity contribution in [3.05, 3.63) is 22.7 Å². The summed E-state index contributed by atoms with van der Waals surface area (Å²) in [5.74, 6) is -0.232. The van der Waals surface area contributed by atoms with Crippen molar-refractivity contribution in [1.82, 2.24) is 0 Å². The molecule has 0 radical (unpaired) electrons. The number of phenols is 1. The lowest BCUT2D eigenvalue weighted by Gasteiger charge is -2.58. The zero-order valence-electron chi connectivity index (χ0n) is 11.4. The van der Waals surface area contributed by atoms with Crippen molar-refractivity contribution in [3.63, 3.8) is 0 Å². The van der Waals surface area contributed by atoms with E-state index in [-0.39, 0.29) is 21.1 Å². The molecule has 2 aliphatic rings. The summed E-state index contributed by atoms with van der Waals surface area (Å²) in [6.45, 7) is 4.65. The molecule has 1 saturated heterocycles. The number of rotatable bonds is 2. The first-order valence-corrected chi connectivity index (χ1v) is 8.37. The van der Waals surface area contributed by atoms with E-state index in [1.54, 1.807) is 19.9 Å². The fraction of sp³-hybridized carbons (Fsp3) is 0.571. The molecule has 1 aromatic rings. The quantitative estimate of drug-likeness (QED) is 0.911. The molecule has 0 bridgehead atoms. The lowest BCUT2D eigenvalue weighted by Crippen LogP contribution is -2.62. The van der Waals surface area contributed by atoms with E-state index in [1.165, 1.54) is 6.07 Å². The van der Waals surface area contributed by atoms with Gasteiger partial charge in [0.2, 0.25) is 0 Å². The smallest absolute Gasteiger partial charge is 0.188 e. The van der Waals surface area contributed by atoms with Gasteiger partial charge in [-0.2, -0.15) is 0 Å². The van der Waals surface area contributed by atoms with Crippen LogP contribution in [0, 0.1) is 12.3 Å². The molecule has 2 fully saturated rings. The molecule has 1 aliphatic carbocycles. The van der Waals surface area contributed by atoms with Gasteiger partial charge in [-0.15, -0.1) is 0 Å². The maximum absolute atomic E-state index is 12.9. The molecule has 20 heavy (non-hydrogen) atoms. The third-order valence-corrected chi connectivity index (χ3v) is 7.48. The second kappa shape index (κ2) is 4.12. The predicted octanol–water partition coefficient (Wildman–Crippen LogP) is 2.70. The first-order chi connectivity index (χ1) is 9.21. The molecule has 0 unspecified atom stereocenters. The van der Waals surface area contributed by atoms with Crippen LogP contribution in [0.2, 0.25) is 5.02 Å². The zero-order chi connectivity index (χ0) is 14.8. The van der Waals surface area contributed by atoms with Gasteiger partial charge >= 0.3 is 0 Å². The Labute approximate surface area is 123 Å². The van der Waals surface area contributed by atoms with Crippen LogP contribution in [0.3, 0.4) is 0 Å². The Bertz CT molecular complexity index is 669. The van der Waals surface area contributed by atoms with Gasteiger partial charge in [0.15, 0.2) is 9.84 Å². The van der Waals surface area contributed by atoms with E-state index < -0.39 is 14.6 Å². The SMILES string of the molecule is Cc1ccc(Cl)c(S(=O)(=O)C2(C)CC3(COC3)C2)c1O. The van der Waals surface area contributed by atoms with Gasteiger partial charge < -0.3 is 9.84 Å². The number of hydrogen-bond donors (Lipinski definition) is 1. The van der Waals surface area contributed by atoms with Gasteiger partial charge in [-0.3, -0.25) is 0 Å². The van der Waals surface area contributed by atoms with Crippen molar-refractivity contribution in [2.75, 3.05) is 13.2 Å². The van der Waals surface area contributed by atoms with E-state index in [1.807, 2.05) is 0 Å². The molecule has 1 saturated carbocycles. The number of phenolic OH excluding ortho intramolecular Hbond substituents is 1. The topological polar surface area (TPSA) is 63.6 Å². The van der Waals surface area contributed by atoms with Crippen LogP contribution in [0.5, 0.6) is 5.75 Å². The molecule has 4 nitrogen and oxygen atoms in total. The average Bonchev–Trinajstić information content (AvgIpc) is 2.27. The minimum atomic E-state index is -3.67. The van der Waals surface area contributed by atoms with E-state index in [0.29, 0.717) is 31.6 Å². The standard InChI is InChI=1S/C14H17ClO4S/c1-9-3-4-10(15)12(11(9)16)20(17,18)13(2)5-14(6-13)7-19-8-14/h3-4,16H,5-8H2,1-2H3. The maximum Gasteiger partial charge on any atom is 0.188 e. The van der Waals surface area contributed by atoms with E-state index in [9.17, 15) is 13.5 Å². The third kappa shape index (κ3) is 1.73. The number of ether oxygens (including phenoxy) is 1. The van der Waals surface area contributed by atoms with Crippen LogP contribution in [-0.2, 0) is 14.6 Å². The number of sulfone groups is 1.